The maximum absolute atomic E-state index is 12.2. The minimum absolute atomic E-state index is 0.0354. The van der Waals surface area contributed by atoms with Gasteiger partial charge in [0.15, 0.2) is 0 Å². The first kappa shape index (κ1) is 16.2. The quantitative estimate of drug-likeness (QED) is 0.848. The molecular formula is C17H21NO4. The van der Waals surface area contributed by atoms with Crippen molar-refractivity contribution < 1.29 is 19.4 Å². The minimum Gasteiger partial charge on any atom is -0.478 e. The number of hydrogen-bond donors (Lipinski definition) is 1. The van der Waals surface area contributed by atoms with Crippen LogP contribution >= 0.6 is 0 Å². The summed E-state index contributed by atoms with van der Waals surface area (Å²) in [5.74, 6) is -0.992. The summed E-state index contributed by atoms with van der Waals surface area (Å²) in [5, 5.41) is 8.84. The summed E-state index contributed by atoms with van der Waals surface area (Å²) in [5.41, 5.74) is 1.04. The molecule has 0 radical (unpaired) electrons. The molecule has 1 N–H and O–H groups in total. The number of aromatic carboxylic acids is 1. The summed E-state index contributed by atoms with van der Waals surface area (Å²) in [6, 6.07) is 6.43. The highest BCUT2D eigenvalue weighted by Gasteiger charge is 2.22. The van der Waals surface area contributed by atoms with Crippen LogP contribution < -0.4 is 0 Å². The second kappa shape index (κ2) is 7.75. The fraction of sp³-hybridized carbons (Fsp3) is 0.412. The average molecular weight is 303 g/mol. The zero-order valence-corrected chi connectivity index (χ0v) is 12.7. The van der Waals surface area contributed by atoms with Crippen LogP contribution in [0, 0.1) is 0 Å². The van der Waals surface area contributed by atoms with Gasteiger partial charge in [0, 0.05) is 25.8 Å². The van der Waals surface area contributed by atoms with E-state index in [-0.39, 0.29) is 17.6 Å². The van der Waals surface area contributed by atoms with Crippen molar-refractivity contribution in [1.82, 2.24) is 4.90 Å². The number of rotatable bonds is 5. The number of carboxylic acid groups (broad SMARTS) is 1. The van der Waals surface area contributed by atoms with Crippen LogP contribution in [0.1, 0.15) is 35.7 Å². The Hall–Kier alpha value is -2.14. The number of nitrogens with zero attached hydrogens (tertiary/aromatic N) is 1. The summed E-state index contributed by atoms with van der Waals surface area (Å²) in [7, 11) is 0. The van der Waals surface area contributed by atoms with E-state index in [0.29, 0.717) is 13.2 Å². The zero-order valence-electron chi connectivity index (χ0n) is 12.7. The minimum atomic E-state index is -0.957. The molecule has 1 heterocycles. The highest BCUT2D eigenvalue weighted by molar-refractivity contribution is 5.92. The first-order valence-electron chi connectivity index (χ1n) is 7.52. The van der Waals surface area contributed by atoms with Crippen molar-refractivity contribution in [2.75, 3.05) is 19.7 Å². The summed E-state index contributed by atoms with van der Waals surface area (Å²) >= 11 is 0. The van der Waals surface area contributed by atoms with E-state index in [1.54, 1.807) is 23.1 Å². The largest absolute Gasteiger partial charge is 0.478 e. The fourth-order valence-electron chi connectivity index (χ4n) is 2.52. The molecule has 1 fully saturated rings. The number of benzene rings is 1. The normalized spacial score (nSPS) is 18.6. The smallest absolute Gasteiger partial charge is 0.335 e. The lowest BCUT2D eigenvalue weighted by atomic mass is 10.1. The molecule has 2 rings (SSSR count). The molecule has 22 heavy (non-hydrogen) atoms. The van der Waals surface area contributed by atoms with Gasteiger partial charge in [-0.15, -0.1) is 0 Å². The lowest BCUT2D eigenvalue weighted by molar-refractivity contribution is -0.129. The van der Waals surface area contributed by atoms with Crippen molar-refractivity contribution in [3.05, 3.63) is 41.5 Å². The molecule has 1 aromatic carbocycles. The van der Waals surface area contributed by atoms with Gasteiger partial charge >= 0.3 is 5.97 Å². The molecule has 0 spiro atoms. The van der Waals surface area contributed by atoms with Gasteiger partial charge in [0.1, 0.15) is 0 Å². The van der Waals surface area contributed by atoms with Crippen molar-refractivity contribution in [2.24, 2.45) is 0 Å². The number of likely N-dealkylation sites (tertiary alicyclic amines) is 1. The molecule has 1 amide bonds. The van der Waals surface area contributed by atoms with Crippen molar-refractivity contribution in [2.45, 2.75) is 25.9 Å². The molecule has 0 aromatic heterocycles. The van der Waals surface area contributed by atoms with Crippen LogP contribution in [-0.2, 0) is 9.53 Å². The molecule has 0 aliphatic carbocycles. The van der Waals surface area contributed by atoms with E-state index < -0.39 is 5.97 Å². The summed E-state index contributed by atoms with van der Waals surface area (Å²) in [4.78, 5) is 24.8. The maximum Gasteiger partial charge on any atom is 0.335 e. The SMILES string of the molecule is CCOC1CCCN(C(=O)/C=C/c2ccc(C(=O)O)cc2)C1. The highest BCUT2D eigenvalue weighted by atomic mass is 16.5. The van der Waals surface area contributed by atoms with Gasteiger partial charge in [-0.25, -0.2) is 4.79 Å². The van der Waals surface area contributed by atoms with Gasteiger partial charge in [0.2, 0.25) is 5.91 Å². The van der Waals surface area contributed by atoms with Gasteiger partial charge in [-0.3, -0.25) is 4.79 Å². The highest BCUT2D eigenvalue weighted by Crippen LogP contribution is 2.14. The van der Waals surface area contributed by atoms with E-state index in [1.807, 2.05) is 6.92 Å². The second-order valence-electron chi connectivity index (χ2n) is 5.26. The molecule has 1 aliphatic heterocycles. The van der Waals surface area contributed by atoms with E-state index in [0.717, 1.165) is 24.9 Å². The standard InChI is InChI=1S/C17H21NO4/c1-2-22-15-4-3-11-18(12-15)16(19)10-7-13-5-8-14(9-6-13)17(20)21/h5-10,15H,2-4,11-12H2,1H3,(H,20,21)/b10-7+. The number of hydrogen-bond acceptors (Lipinski definition) is 3. The lowest BCUT2D eigenvalue weighted by Crippen LogP contribution is -2.42. The van der Waals surface area contributed by atoms with E-state index in [4.69, 9.17) is 9.84 Å². The molecule has 1 saturated heterocycles. The van der Waals surface area contributed by atoms with E-state index in [2.05, 4.69) is 0 Å². The number of amides is 1. The third-order valence-electron chi connectivity index (χ3n) is 3.67. The molecule has 1 unspecified atom stereocenters. The van der Waals surface area contributed by atoms with Gasteiger partial charge in [-0.05, 0) is 43.5 Å². The Balaban J connectivity index is 1.94. The molecule has 1 atom stereocenters. The molecule has 1 aromatic rings. The van der Waals surface area contributed by atoms with Crippen LogP contribution in [0.2, 0.25) is 0 Å². The number of ether oxygens (including phenoxy) is 1. The van der Waals surface area contributed by atoms with Gasteiger partial charge in [0.25, 0.3) is 0 Å². The Kier molecular flexibility index (Phi) is 5.72. The second-order valence-corrected chi connectivity index (χ2v) is 5.26. The zero-order chi connectivity index (χ0) is 15.9. The Bertz CT molecular complexity index is 548. The molecule has 1 aliphatic rings. The molecular weight excluding hydrogens is 282 g/mol. The van der Waals surface area contributed by atoms with Gasteiger partial charge in [0.05, 0.1) is 11.7 Å². The number of carboxylic acids is 1. The van der Waals surface area contributed by atoms with Crippen LogP contribution in [0.3, 0.4) is 0 Å². The first-order valence-corrected chi connectivity index (χ1v) is 7.52. The first-order chi connectivity index (χ1) is 10.6. The van der Waals surface area contributed by atoms with Gasteiger partial charge in [-0.1, -0.05) is 12.1 Å². The molecule has 5 nitrogen and oxygen atoms in total. The summed E-state index contributed by atoms with van der Waals surface area (Å²) in [6.07, 6.45) is 5.32. The van der Waals surface area contributed by atoms with Crippen LogP contribution in [0.25, 0.3) is 6.08 Å². The van der Waals surface area contributed by atoms with Crippen LogP contribution in [0.15, 0.2) is 30.3 Å². The molecule has 5 heteroatoms. The predicted octanol–water partition coefficient (Wildman–Crippen LogP) is 2.43. The average Bonchev–Trinajstić information content (AvgIpc) is 2.53. The van der Waals surface area contributed by atoms with Gasteiger partial charge in [-0.2, -0.15) is 0 Å². The van der Waals surface area contributed by atoms with Gasteiger partial charge < -0.3 is 14.7 Å². The number of carbonyl (C=O) groups is 2. The predicted molar refractivity (Wildman–Crippen MR) is 83.7 cm³/mol. The Morgan fingerprint density at radius 3 is 2.73 bits per heavy atom. The molecule has 118 valence electrons. The Morgan fingerprint density at radius 1 is 1.36 bits per heavy atom. The Morgan fingerprint density at radius 2 is 2.09 bits per heavy atom. The lowest BCUT2D eigenvalue weighted by Gasteiger charge is -2.31. The van der Waals surface area contributed by atoms with Crippen molar-refractivity contribution in [3.8, 4) is 0 Å². The number of carbonyl (C=O) groups excluding carboxylic acids is 1. The molecule has 0 saturated carbocycles. The van der Waals surface area contributed by atoms with Crippen LogP contribution in [0.4, 0.5) is 0 Å². The van der Waals surface area contributed by atoms with Crippen LogP contribution in [0.5, 0.6) is 0 Å². The monoisotopic (exact) mass is 303 g/mol. The van der Waals surface area contributed by atoms with E-state index >= 15 is 0 Å². The topological polar surface area (TPSA) is 66.8 Å². The van der Waals surface area contributed by atoms with Crippen molar-refractivity contribution >= 4 is 18.0 Å². The Labute approximate surface area is 130 Å². The summed E-state index contributed by atoms with van der Waals surface area (Å²) < 4.78 is 5.59. The van der Waals surface area contributed by atoms with Crippen molar-refractivity contribution in [1.29, 1.82) is 0 Å². The van der Waals surface area contributed by atoms with Crippen molar-refractivity contribution in [3.63, 3.8) is 0 Å². The van der Waals surface area contributed by atoms with E-state index in [9.17, 15) is 9.59 Å². The third-order valence-corrected chi connectivity index (χ3v) is 3.67. The fourth-order valence-corrected chi connectivity index (χ4v) is 2.52. The summed E-state index contributed by atoms with van der Waals surface area (Å²) in [6.45, 7) is 4.01. The molecule has 0 bridgehead atoms. The third kappa shape index (κ3) is 4.43. The number of piperidine rings is 1. The van der Waals surface area contributed by atoms with E-state index in [1.165, 1.54) is 18.2 Å². The maximum atomic E-state index is 12.2. The van der Waals surface area contributed by atoms with Crippen LogP contribution in [-0.4, -0.2) is 47.7 Å².